The third kappa shape index (κ3) is 6.76. The Kier molecular flexibility index (Phi) is 7.47. The van der Waals surface area contributed by atoms with Crippen LogP contribution in [0.4, 0.5) is 0 Å². The summed E-state index contributed by atoms with van der Waals surface area (Å²) in [6.45, 7) is 3.09. The highest BCUT2D eigenvalue weighted by Gasteiger charge is 2.15. The molecule has 29 heavy (non-hydrogen) atoms. The lowest BCUT2D eigenvalue weighted by Gasteiger charge is -2.15. The van der Waals surface area contributed by atoms with E-state index in [2.05, 4.69) is 10.6 Å². The summed E-state index contributed by atoms with van der Waals surface area (Å²) in [5.74, 6) is -0.997. The topological polar surface area (TPSA) is 128 Å². The molecule has 0 fully saturated rings. The molecule has 3 amide bonds. The fraction of sp³-hybridized carbons (Fsp3) is 0.238. The molecule has 152 valence electrons. The minimum atomic E-state index is -0.754. The lowest BCUT2D eigenvalue weighted by Crippen LogP contribution is -2.36. The second kappa shape index (κ2) is 10.0. The number of nitrogens with two attached hydrogens (primary N) is 1. The highest BCUT2D eigenvalue weighted by Crippen LogP contribution is 2.15. The average molecular weight is 397 g/mol. The molecule has 0 spiro atoms. The molecule has 0 saturated carbocycles. The van der Waals surface area contributed by atoms with Gasteiger partial charge in [-0.3, -0.25) is 19.2 Å². The van der Waals surface area contributed by atoms with Gasteiger partial charge in [-0.05, 0) is 43.7 Å². The van der Waals surface area contributed by atoms with Crippen LogP contribution >= 0.6 is 0 Å². The van der Waals surface area contributed by atoms with Crippen molar-refractivity contribution in [3.05, 3.63) is 65.2 Å². The Labute approximate surface area is 168 Å². The summed E-state index contributed by atoms with van der Waals surface area (Å²) in [6, 6.07) is 13.2. The summed E-state index contributed by atoms with van der Waals surface area (Å²) in [5, 5.41) is 5.15. The van der Waals surface area contributed by atoms with Gasteiger partial charge in [-0.15, -0.1) is 0 Å². The van der Waals surface area contributed by atoms with Crippen molar-refractivity contribution in [2.24, 2.45) is 5.73 Å². The van der Waals surface area contributed by atoms with E-state index in [0.29, 0.717) is 16.9 Å². The molecule has 0 aliphatic carbocycles. The molecule has 0 radical (unpaired) electrons. The van der Waals surface area contributed by atoms with Gasteiger partial charge in [-0.1, -0.05) is 24.3 Å². The summed E-state index contributed by atoms with van der Waals surface area (Å²) < 4.78 is 5.60. The predicted octanol–water partition coefficient (Wildman–Crippen LogP) is 1.19. The maximum atomic E-state index is 12.3. The van der Waals surface area contributed by atoms with E-state index in [1.807, 2.05) is 0 Å². The van der Waals surface area contributed by atoms with Gasteiger partial charge >= 0.3 is 0 Å². The Morgan fingerprint density at radius 2 is 1.69 bits per heavy atom. The highest BCUT2D eigenvalue weighted by atomic mass is 16.5. The van der Waals surface area contributed by atoms with Gasteiger partial charge in [-0.25, -0.2) is 0 Å². The van der Waals surface area contributed by atoms with Crippen LogP contribution in [0.1, 0.15) is 40.1 Å². The Balaban J connectivity index is 1.86. The van der Waals surface area contributed by atoms with Crippen molar-refractivity contribution < 1.29 is 23.9 Å². The summed E-state index contributed by atoms with van der Waals surface area (Å²) in [4.78, 5) is 46.2. The maximum absolute atomic E-state index is 12.3. The Hall–Kier alpha value is -3.68. The summed E-state index contributed by atoms with van der Waals surface area (Å²) in [5.41, 5.74) is 6.66. The number of ketones is 1. The normalized spacial score (nSPS) is 11.2. The Bertz CT molecular complexity index is 909. The van der Waals surface area contributed by atoms with Gasteiger partial charge in [0.2, 0.25) is 5.91 Å². The molecule has 2 rings (SSSR count). The first-order valence-corrected chi connectivity index (χ1v) is 8.97. The van der Waals surface area contributed by atoms with Crippen LogP contribution in [0.25, 0.3) is 0 Å². The molecule has 2 aromatic carbocycles. The minimum Gasteiger partial charge on any atom is -0.481 e. The van der Waals surface area contributed by atoms with E-state index in [-0.39, 0.29) is 24.8 Å². The molecule has 0 aromatic heterocycles. The smallest absolute Gasteiger partial charge is 0.261 e. The fourth-order valence-electron chi connectivity index (χ4n) is 2.42. The molecule has 1 unspecified atom stereocenters. The highest BCUT2D eigenvalue weighted by molar-refractivity contribution is 5.96. The zero-order valence-electron chi connectivity index (χ0n) is 16.2. The number of rotatable bonds is 9. The van der Waals surface area contributed by atoms with Crippen molar-refractivity contribution in [1.29, 1.82) is 0 Å². The largest absolute Gasteiger partial charge is 0.481 e. The van der Waals surface area contributed by atoms with Crippen LogP contribution in [0.15, 0.2) is 48.5 Å². The number of carbonyl (C=O) groups excluding carboxylic acids is 4. The fourth-order valence-corrected chi connectivity index (χ4v) is 2.42. The predicted molar refractivity (Wildman–Crippen MR) is 106 cm³/mol. The van der Waals surface area contributed by atoms with Gasteiger partial charge < -0.3 is 21.1 Å². The second-order valence-electron chi connectivity index (χ2n) is 6.41. The number of Topliss-reactive ketones (excluding diaryl/α,β-unsaturated/α-hetero) is 1. The van der Waals surface area contributed by atoms with E-state index in [4.69, 9.17) is 10.5 Å². The molecule has 0 heterocycles. The van der Waals surface area contributed by atoms with E-state index in [1.165, 1.54) is 6.92 Å². The van der Waals surface area contributed by atoms with Crippen LogP contribution in [-0.2, 0) is 16.1 Å². The van der Waals surface area contributed by atoms with E-state index >= 15 is 0 Å². The molecule has 2 aromatic rings. The van der Waals surface area contributed by atoms with Gasteiger partial charge in [0.1, 0.15) is 5.75 Å². The van der Waals surface area contributed by atoms with E-state index in [9.17, 15) is 19.2 Å². The standard InChI is InChI=1S/C21H23N3O5/c1-13(25)17-4-3-5-18(10-17)29-14(2)20(27)23-11-15-6-8-16(9-7-15)21(28)24-12-19(22)26/h3-10,14H,11-12H2,1-2H3,(H2,22,26)(H,23,27)(H,24,28). The number of benzene rings is 2. The number of primary amides is 1. The third-order valence-electron chi connectivity index (χ3n) is 4.03. The Morgan fingerprint density at radius 1 is 1.00 bits per heavy atom. The van der Waals surface area contributed by atoms with Crippen molar-refractivity contribution in [1.82, 2.24) is 10.6 Å². The molecular weight excluding hydrogens is 374 g/mol. The zero-order valence-corrected chi connectivity index (χ0v) is 16.2. The number of carbonyl (C=O) groups is 4. The van der Waals surface area contributed by atoms with Crippen LogP contribution in [0, 0.1) is 0 Å². The van der Waals surface area contributed by atoms with Crippen molar-refractivity contribution in [2.75, 3.05) is 6.54 Å². The van der Waals surface area contributed by atoms with Crippen molar-refractivity contribution >= 4 is 23.5 Å². The number of hydrogen-bond donors (Lipinski definition) is 3. The first kappa shape index (κ1) is 21.6. The maximum Gasteiger partial charge on any atom is 0.261 e. The second-order valence-corrected chi connectivity index (χ2v) is 6.41. The van der Waals surface area contributed by atoms with Gasteiger partial charge in [0, 0.05) is 17.7 Å². The lowest BCUT2D eigenvalue weighted by atomic mass is 10.1. The van der Waals surface area contributed by atoms with Gasteiger partial charge in [0.05, 0.1) is 6.54 Å². The molecule has 0 aliphatic rings. The lowest BCUT2D eigenvalue weighted by molar-refractivity contribution is -0.127. The molecule has 0 saturated heterocycles. The quantitative estimate of drug-likeness (QED) is 0.548. The first-order valence-electron chi connectivity index (χ1n) is 8.97. The van der Waals surface area contributed by atoms with Gasteiger partial charge in [-0.2, -0.15) is 0 Å². The molecule has 8 heteroatoms. The molecular formula is C21H23N3O5. The van der Waals surface area contributed by atoms with E-state index in [0.717, 1.165) is 5.56 Å². The summed E-state index contributed by atoms with van der Waals surface area (Å²) in [6.07, 6.45) is -0.754. The molecule has 0 bridgehead atoms. The van der Waals surface area contributed by atoms with Crippen molar-refractivity contribution in [2.45, 2.75) is 26.5 Å². The summed E-state index contributed by atoms with van der Waals surface area (Å²) in [7, 11) is 0. The number of ether oxygens (including phenoxy) is 1. The van der Waals surface area contributed by atoms with Crippen LogP contribution in [0.3, 0.4) is 0 Å². The van der Waals surface area contributed by atoms with Crippen LogP contribution < -0.4 is 21.1 Å². The molecule has 0 aliphatic heterocycles. The van der Waals surface area contributed by atoms with E-state index in [1.54, 1.807) is 55.5 Å². The minimum absolute atomic E-state index is 0.0840. The van der Waals surface area contributed by atoms with Crippen molar-refractivity contribution in [3.63, 3.8) is 0 Å². The van der Waals surface area contributed by atoms with E-state index < -0.39 is 17.9 Å². The number of amides is 3. The third-order valence-corrected chi connectivity index (χ3v) is 4.03. The van der Waals surface area contributed by atoms with Crippen molar-refractivity contribution in [3.8, 4) is 5.75 Å². The molecule has 8 nitrogen and oxygen atoms in total. The van der Waals surface area contributed by atoms with Crippen LogP contribution in [-0.4, -0.2) is 36.2 Å². The molecule has 4 N–H and O–H groups in total. The van der Waals surface area contributed by atoms with Crippen LogP contribution in [0.5, 0.6) is 5.75 Å². The van der Waals surface area contributed by atoms with Gasteiger partial charge in [0.25, 0.3) is 11.8 Å². The number of hydrogen-bond acceptors (Lipinski definition) is 5. The molecule has 1 atom stereocenters. The Morgan fingerprint density at radius 3 is 2.31 bits per heavy atom. The summed E-state index contributed by atoms with van der Waals surface area (Å²) >= 11 is 0. The number of nitrogens with one attached hydrogen (secondary N) is 2. The van der Waals surface area contributed by atoms with Crippen LogP contribution in [0.2, 0.25) is 0 Å². The first-order chi connectivity index (χ1) is 13.8. The van der Waals surface area contributed by atoms with Gasteiger partial charge in [0.15, 0.2) is 11.9 Å². The SMILES string of the molecule is CC(=O)c1cccc(OC(C)C(=O)NCc2ccc(C(=O)NCC(N)=O)cc2)c1. The average Bonchev–Trinajstić information content (AvgIpc) is 2.70. The monoisotopic (exact) mass is 397 g/mol. The zero-order chi connectivity index (χ0) is 21.4.